The summed E-state index contributed by atoms with van der Waals surface area (Å²) in [5.74, 6) is -1.13. The van der Waals surface area contributed by atoms with Crippen molar-refractivity contribution < 1.29 is 18.9 Å². The zero-order valence-electron chi connectivity index (χ0n) is 13.5. The van der Waals surface area contributed by atoms with E-state index in [0.717, 1.165) is 34.5 Å². The number of morpholine rings is 1. The van der Waals surface area contributed by atoms with E-state index >= 15 is 0 Å². The molecule has 0 atom stereocenters. The largest absolute Gasteiger partial charge is 0.433 e. The summed E-state index contributed by atoms with van der Waals surface area (Å²) in [5, 5.41) is 14.2. The second-order valence-corrected chi connectivity index (χ2v) is 6.64. The summed E-state index contributed by atoms with van der Waals surface area (Å²) < 4.78 is 11.2. The van der Waals surface area contributed by atoms with Gasteiger partial charge in [-0.3, -0.25) is 14.9 Å². The van der Waals surface area contributed by atoms with Crippen LogP contribution in [0.3, 0.4) is 0 Å². The summed E-state index contributed by atoms with van der Waals surface area (Å²) in [7, 11) is 0. The van der Waals surface area contributed by atoms with Crippen molar-refractivity contribution in [1.29, 1.82) is 0 Å². The van der Waals surface area contributed by atoms with Gasteiger partial charge in [-0.25, -0.2) is 4.98 Å². The zero-order valence-corrected chi connectivity index (χ0v) is 14.3. The number of carbonyl (C=O) groups excluding carboxylic acids is 1. The quantitative estimate of drug-likeness (QED) is 0.552. The number of nitro groups is 1. The molecule has 1 aliphatic heterocycles. The van der Waals surface area contributed by atoms with Gasteiger partial charge in [0.25, 0.3) is 5.91 Å². The number of anilines is 2. The van der Waals surface area contributed by atoms with Crippen molar-refractivity contribution in [3.05, 3.63) is 46.2 Å². The molecule has 4 rings (SSSR count). The predicted molar refractivity (Wildman–Crippen MR) is 96.0 cm³/mol. The highest BCUT2D eigenvalue weighted by molar-refractivity contribution is 7.22. The zero-order chi connectivity index (χ0) is 18.1. The van der Waals surface area contributed by atoms with Gasteiger partial charge < -0.3 is 19.4 Å². The van der Waals surface area contributed by atoms with E-state index in [9.17, 15) is 14.9 Å². The number of ether oxygens (including phenoxy) is 1. The van der Waals surface area contributed by atoms with Gasteiger partial charge in [0.1, 0.15) is 4.92 Å². The Morgan fingerprint density at radius 1 is 1.27 bits per heavy atom. The number of carbonyl (C=O) groups is 1. The third-order valence-electron chi connectivity index (χ3n) is 3.91. The van der Waals surface area contributed by atoms with Crippen LogP contribution in [0.4, 0.5) is 16.7 Å². The number of fused-ring (bicyclic) bond motifs is 1. The van der Waals surface area contributed by atoms with Crippen LogP contribution >= 0.6 is 11.3 Å². The normalized spacial score (nSPS) is 14.5. The second-order valence-electron chi connectivity index (χ2n) is 5.63. The number of benzene rings is 1. The van der Waals surface area contributed by atoms with E-state index < -0.39 is 16.7 Å². The molecule has 1 fully saturated rings. The van der Waals surface area contributed by atoms with Crippen LogP contribution in [-0.4, -0.2) is 42.1 Å². The molecule has 10 heteroatoms. The van der Waals surface area contributed by atoms with Gasteiger partial charge in [-0.2, -0.15) is 0 Å². The van der Waals surface area contributed by atoms with Crippen molar-refractivity contribution in [2.45, 2.75) is 0 Å². The lowest BCUT2D eigenvalue weighted by molar-refractivity contribution is -0.402. The van der Waals surface area contributed by atoms with Crippen molar-refractivity contribution in [2.24, 2.45) is 0 Å². The molecule has 3 aromatic rings. The molecule has 0 aliphatic carbocycles. The van der Waals surface area contributed by atoms with Crippen molar-refractivity contribution in [3.63, 3.8) is 0 Å². The third-order valence-corrected chi connectivity index (χ3v) is 4.99. The summed E-state index contributed by atoms with van der Waals surface area (Å²) in [5.41, 5.74) is 1.42. The van der Waals surface area contributed by atoms with E-state index in [2.05, 4.69) is 15.2 Å². The Morgan fingerprint density at radius 2 is 2.08 bits per heavy atom. The number of hydrogen-bond acceptors (Lipinski definition) is 8. The first kappa shape index (κ1) is 16.5. The Hall–Kier alpha value is -2.98. The van der Waals surface area contributed by atoms with Crippen molar-refractivity contribution in [2.75, 3.05) is 36.5 Å². The molecule has 1 N–H and O–H groups in total. The summed E-state index contributed by atoms with van der Waals surface area (Å²) >= 11 is 1.54. The molecule has 26 heavy (non-hydrogen) atoms. The SMILES string of the molecule is O=C(Nc1ccc2nc(N3CCOCC3)sc2c1)c1ccc([N+](=O)[O-])o1. The van der Waals surface area contributed by atoms with E-state index in [1.807, 2.05) is 12.1 Å². The second kappa shape index (κ2) is 6.73. The minimum atomic E-state index is -0.687. The molecule has 0 spiro atoms. The predicted octanol–water partition coefficient (Wildman–Crippen LogP) is 2.89. The molecule has 0 saturated carbocycles. The number of amides is 1. The lowest BCUT2D eigenvalue weighted by atomic mass is 10.3. The highest BCUT2D eigenvalue weighted by Crippen LogP contribution is 2.31. The lowest BCUT2D eigenvalue weighted by Crippen LogP contribution is -2.36. The van der Waals surface area contributed by atoms with E-state index in [0.29, 0.717) is 18.9 Å². The molecule has 1 aliphatic rings. The van der Waals surface area contributed by atoms with Crippen LogP contribution in [0.1, 0.15) is 10.6 Å². The van der Waals surface area contributed by atoms with Crippen LogP contribution in [0.25, 0.3) is 10.2 Å². The molecular weight excluding hydrogens is 360 g/mol. The molecule has 1 amide bonds. The Morgan fingerprint density at radius 3 is 2.81 bits per heavy atom. The maximum Gasteiger partial charge on any atom is 0.433 e. The van der Waals surface area contributed by atoms with Crippen molar-refractivity contribution >= 4 is 44.2 Å². The van der Waals surface area contributed by atoms with E-state index in [1.54, 1.807) is 17.4 Å². The first-order chi connectivity index (χ1) is 12.6. The molecule has 9 nitrogen and oxygen atoms in total. The van der Waals surface area contributed by atoms with Gasteiger partial charge in [-0.05, 0) is 24.3 Å². The smallest absolute Gasteiger partial charge is 0.395 e. The minimum Gasteiger partial charge on any atom is -0.395 e. The van der Waals surface area contributed by atoms with Crippen LogP contribution in [0, 0.1) is 10.1 Å². The molecule has 0 radical (unpaired) electrons. The van der Waals surface area contributed by atoms with E-state index in [1.165, 1.54) is 6.07 Å². The fourth-order valence-corrected chi connectivity index (χ4v) is 3.68. The van der Waals surface area contributed by atoms with Crippen LogP contribution < -0.4 is 10.2 Å². The molecule has 0 unspecified atom stereocenters. The maximum absolute atomic E-state index is 12.2. The average Bonchev–Trinajstić information content (AvgIpc) is 3.29. The number of aromatic nitrogens is 1. The summed E-state index contributed by atoms with van der Waals surface area (Å²) in [6.45, 7) is 2.99. The van der Waals surface area contributed by atoms with Crippen LogP contribution in [0.5, 0.6) is 0 Å². The van der Waals surface area contributed by atoms with Gasteiger partial charge in [-0.1, -0.05) is 11.3 Å². The minimum absolute atomic E-state index is 0.116. The number of nitrogens with one attached hydrogen (secondary N) is 1. The first-order valence-corrected chi connectivity index (χ1v) is 8.71. The lowest BCUT2D eigenvalue weighted by Gasteiger charge is -2.25. The third kappa shape index (κ3) is 3.24. The molecule has 1 aromatic carbocycles. The van der Waals surface area contributed by atoms with E-state index in [4.69, 9.17) is 9.15 Å². The first-order valence-electron chi connectivity index (χ1n) is 7.89. The number of nitrogens with zero attached hydrogens (tertiary/aromatic N) is 3. The van der Waals surface area contributed by atoms with Crippen molar-refractivity contribution in [3.8, 4) is 0 Å². The topological polar surface area (TPSA) is 111 Å². The number of hydrogen-bond donors (Lipinski definition) is 1. The fraction of sp³-hybridized carbons (Fsp3) is 0.250. The van der Waals surface area contributed by atoms with Gasteiger partial charge in [0.15, 0.2) is 10.9 Å². The molecular formula is C16H14N4O5S. The maximum atomic E-state index is 12.2. The summed E-state index contributed by atoms with van der Waals surface area (Å²) in [6.07, 6.45) is 0. The monoisotopic (exact) mass is 374 g/mol. The van der Waals surface area contributed by atoms with Gasteiger partial charge in [0.2, 0.25) is 0 Å². The van der Waals surface area contributed by atoms with Crippen LogP contribution in [0.2, 0.25) is 0 Å². The Balaban J connectivity index is 1.52. The standard InChI is InChI=1S/C16H14N4O5S/c21-15(12-3-4-14(25-12)20(22)23)17-10-1-2-11-13(9-10)26-16(18-11)19-5-7-24-8-6-19/h1-4,9H,5-8H2,(H,17,21). The summed E-state index contributed by atoms with van der Waals surface area (Å²) in [6, 6.07) is 7.81. The number of rotatable bonds is 4. The molecule has 1 saturated heterocycles. The Kier molecular flexibility index (Phi) is 4.27. The molecule has 2 aromatic heterocycles. The van der Waals surface area contributed by atoms with Gasteiger partial charge in [-0.15, -0.1) is 0 Å². The summed E-state index contributed by atoms with van der Waals surface area (Å²) in [4.78, 5) is 28.9. The molecule has 3 heterocycles. The van der Waals surface area contributed by atoms with Gasteiger partial charge >= 0.3 is 5.88 Å². The van der Waals surface area contributed by atoms with Crippen LogP contribution in [-0.2, 0) is 4.74 Å². The van der Waals surface area contributed by atoms with E-state index in [-0.39, 0.29) is 5.76 Å². The highest BCUT2D eigenvalue weighted by atomic mass is 32.1. The van der Waals surface area contributed by atoms with Crippen molar-refractivity contribution in [1.82, 2.24) is 4.98 Å². The van der Waals surface area contributed by atoms with Gasteiger partial charge in [0.05, 0.1) is 29.5 Å². The number of furan rings is 1. The Bertz CT molecular complexity index is 976. The molecule has 134 valence electrons. The molecule has 0 bridgehead atoms. The van der Waals surface area contributed by atoms with Gasteiger partial charge in [0, 0.05) is 18.8 Å². The average molecular weight is 374 g/mol. The number of thiazole rings is 1. The fourth-order valence-electron chi connectivity index (χ4n) is 2.62. The Labute approximate surface area is 151 Å². The van der Waals surface area contributed by atoms with Crippen LogP contribution in [0.15, 0.2) is 34.7 Å². The highest BCUT2D eigenvalue weighted by Gasteiger charge is 2.18.